The molecule has 0 N–H and O–H groups in total. The molecule has 0 radical (unpaired) electrons. The molecular formula is C9H9FOS. The van der Waals surface area contributed by atoms with Gasteiger partial charge in [0.05, 0.1) is 0 Å². The highest BCUT2D eigenvalue weighted by atomic mass is 32.2. The summed E-state index contributed by atoms with van der Waals surface area (Å²) in [5, 5.41) is 0. The lowest BCUT2D eigenvalue weighted by molar-refractivity contribution is -0.107. The van der Waals surface area contributed by atoms with Crippen LogP contribution in [0.15, 0.2) is 23.1 Å². The minimum Gasteiger partial charge on any atom is -0.303 e. The summed E-state index contributed by atoms with van der Waals surface area (Å²) < 4.78 is 13.1. The van der Waals surface area contributed by atoms with Gasteiger partial charge < -0.3 is 4.79 Å². The third-order valence-electron chi connectivity index (χ3n) is 1.56. The highest BCUT2D eigenvalue weighted by molar-refractivity contribution is 7.98. The molecule has 0 amide bonds. The smallest absolute Gasteiger partial charge is 0.127 e. The maximum atomic E-state index is 13.1. The number of thioether (sulfide) groups is 1. The van der Waals surface area contributed by atoms with Gasteiger partial charge in [-0.3, -0.25) is 0 Å². The molecule has 0 aromatic heterocycles. The van der Waals surface area contributed by atoms with Gasteiger partial charge in [-0.2, -0.15) is 0 Å². The van der Waals surface area contributed by atoms with E-state index in [2.05, 4.69) is 0 Å². The summed E-state index contributed by atoms with van der Waals surface area (Å²) in [4.78, 5) is 11.0. The van der Waals surface area contributed by atoms with Gasteiger partial charge in [-0.25, -0.2) is 4.39 Å². The largest absolute Gasteiger partial charge is 0.303 e. The summed E-state index contributed by atoms with van der Waals surface area (Å²) in [5.74, 6) is -0.297. The zero-order valence-corrected chi connectivity index (χ0v) is 7.53. The molecule has 12 heavy (non-hydrogen) atoms. The lowest BCUT2D eigenvalue weighted by Gasteiger charge is -2.00. The number of hydrogen-bond acceptors (Lipinski definition) is 2. The molecule has 0 aliphatic heterocycles. The minimum atomic E-state index is -0.297. The standard InChI is InChI=1S/C9H9FOS/c1-12-8-3-2-7(4-5-11)9(10)6-8/h2-3,5-6H,4H2,1H3. The first-order valence-electron chi connectivity index (χ1n) is 3.54. The highest BCUT2D eigenvalue weighted by Crippen LogP contribution is 2.18. The zero-order chi connectivity index (χ0) is 8.97. The minimum absolute atomic E-state index is 0.153. The molecule has 0 aliphatic carbocycles. The van der Waals surface area contributed by atoms with Gasteiger partial charge in [-0.15, -0.1) is 11.8 Å². The molecule has 0 aliphatic rings. The SMILES string of the molecule is CSc1ccc(CC=O)c(F)c1. The summed E-state index contributed by atoms with van der Waals surface area (Å²) in [7, 11) is 0. The predicted molar refractivity (Wildman–Crippen MR) is 47.9 cm³/mol. The van der Waals surface area contributed by atoms with Crippen LogP contribution in [0.2, 0.25) is 0 Å². The Morgan fingerprint density at radius 3 is 2.83 bits per heavy atom. The number of carbonyl (C=O) groups is 1. The van der Waals surface area contributed by atoms with Crippen LogP contribution in [-0.4, -0.2) is 12.5 Å². The molecule has 0 saturated carbocycles. The van der Waals surface area contributed by atoms with Crippen molar-refractivity contribution in [2.75, 3.05) is 6.26 Å². The quantitative estimate of drug-likeness (QED) is 0.529. The Balaban J connectivity index is 2.94. The van der Waals surface area contributed by atoms with Crippen molar-refractivity contribution in [3.05, 3.63) is 29.6 Å². The Hall–Kier alpha value is -0.830. The van der Waals surface area contributed by atoms with Crippen LogP contribution in [0.1, 0.15) is 5.56 Å². The van der Waals surface area contributed by atoms with Crippen LogP contribution in [-0.2, 0) is 11.2 Å². The summed E-state index contributed by atoms with van der Waals surface area (Å²) >= 11 is 1.48. The van der Waals surface area contributed by atoms with Crippen LogP contribution in [0.5, 0.6) is 0 Å². The fraction of sp³-hybridized carbons (Fsp3) is 0.222. The topological polar surface area (TPSA) is 17.1 Å². The Labute approximate surface area is 75.0 Å². The molecule has 0 spiro atoms. The first-order valence-corrected chi connectivity index (χ1v) is 4.76. The Morgan fingerprint density at radius 2 is 2.33 bits per heavy atom. The average Bonchev–Trinajstić information content (AvgIpc) is 2.09. The van der Waals surface area contributed by atoms with E-state index in [1.54, 1.807) is 6.07 Å². The van der Waals surface area contributed by atoms with Gasteiger partial charge in [-0.1, -0.05) is 6.07 Å². The first kappa shape index (κ1) is 9.26. The van der Waals surface area contributed by atoms with Gasteiger partial charge in [-0.05, 0) is 24.0 Å². The summed E-state index contributed by atoms with van der Waals surface area (Å²) in [6.07, 6.45) is 2.74. The maximum Gasteiger partial charge on any atom is 0.127 e. The van der Waals surface area contributed by atoms with Gasteiger partial charge >= 0.3 is 0 Å². The van der Waals surface area contributed by atoms with E-state index in [4.69, 9.17) is 0 Å². The number of rotatable bonds is 3. The maximum absolute atomic E-state index is 13.1. The normalized spacial score (nSPS) is 9.83. The van der Waals surface area contributed by atoms with Crippen LogP contribution >= 0.6 is 11.8 Å². The van der Waals surface area contributed by atoms with Gasteiger partial charge in [0.1, 0.15) is 12.1 Å². The van der Waals surface area contributed by atoms with Gasteiger partial charge in [0.15, 0.2) is 0 Å². The van der Waals surface area contributed by atoms with Crippen molar-refractivity contribution >= 4 is 18.0 Å². The second-order valence-electron chi connectivity index (χ2n) is 2.33. The number of carbonyl (C=O) groups excluding carboxylic acids is 1. The van der Waals surface area contributed by atoms with E-state index in [0.717, 1.165) is 4.90 Å². The third-order valence-corrected chi connectivity index (χ3v) is 2.29. The second kappa shape index (κ2) is 4.26. The van der Waals surface area contributed by atoms with Crippen molar-refractivity contribution in [3.8, 4) is 0 Å². The van der Waals surface area contributed by atoms with Crippen molar-refractivity contribution in [1.29, 1.82) is 0 Å². The fourth-order valence-corrected chi connectivity index (χ4v) is 1.34. The average molecular weight is 184 g/mol. The monoisotopic (exact) mass is 184 g/mol. The van der Waals surface area contributed by atoms with Crippen molar-refractivity contribution in [1.82, 2.24) is 0 Å². The van der Waals surface area contributed by atoms with E-state index in [0.29, 0.717) is 11.8 Å². The lowest BCUT2D eigenvalue weighted by atomic mass is 10.1. The van der Waals surface area contributed by atoms with E-state index in [1.807, 2.05) is 12.3 Å². The first-order chi connectivity index (χ1) is 5.77. The van der Waals surface area contributed by atoms with Crippen LogP contribution in [0.4, 0.5) is 4.39 Å². The van der Waals surface area contributed by atoms with Crippen LogP contribution in [0.25, 0.3) is 0 Å². The van der Waals surface area contributed by atoms with E-state index < -0.39 is 0 Å². The summed E-state index contributed by atoms with van der Waals surface area (Å²) in [6, 6.07) is 4.91. The molecule has 64 valence electrons. The number of halogens is 1. The Kier molecular flexibility index (Phi) is 3.29. The van der Waals surface area contributed by atoms with Crippen molar-refractivity contribution in [2.45, 2.75) is 11.3 Å². The number of benzene rings is 1. The summed E-state index contributed by atoms with van der Waals surface area (Å²) in [5.41, 5.74) is 0.461. The molecule has 0 atom stereocenters. The number of aldehydes is 1. The molecule has 3 heteroatoms. The fourth-order valence-electron chi connectivity index (χ4n) is 0.910. The van der Waals surface area contributed by atoms with Crippen molar-refractivity contribution < 1.29 is 9.18 Å². The molecule has 0 fully saturated rings. The molecule has 0 unspecified atom stereocenters. The van der Waals surface area contributed by atoms with Crippen LogP contribution < -0.4 is 0 Å². The molecule has 1 rings (SSSR count). The van der Waals surface area contributed by atoms with E-state index >= 15 is 0 Å². The van der Waals surface area contributed by atoms with Crippen molar-refractivity contribution in [3.63, 3.8) is 0 Å². The Bertz CT molecular complexity index is 286. The number of hydrogen-bond donors (Lipinski definition) is 0. The lowest BCUT2D eigenvalue weighted by Crippen LogP contribution is -1.91. The zero-order valence-electron chi connectivity index (χ0n) is 6.71. The van der Waals surface area contributed by atoms with Gasteiger partial charge in [0.2, 0.25) is 0 Å². The van der Waals surface area contributed by atoms with E-state index in [1.165, 1.54) is 17.8 Å². The molecule has 0 heterocycles. The second-order valence-corrected chi connectivity index (χ2v) is 3.21. The molecular weight excluding hydrogens is 175 g/mol. The molecule has 0 saturated heterocycles. The molecule has 0 bridgehead atoms. The third kappa shape index (κ3) is 2.08. The van der Waals surface area contributed by atoms with Gasteiger partial charge in [0.25, 0.3) is 0 Å². The molecule has 1 aromatic carbocycles. The van der Waals surface area contributed by atoms with E-state index in [-0.39, 0.29) is 12.2 Å². The van der Waals surface area contributed by atoms with Gasteiger partial charge in [0, 0.05) is 11.3 Å². The highest BCUT2D eigenvalue weighted by Gasteiger charge is 2.01. The summed E-state index contributed by atoms with van der Waals surface area (Å²) in [6.45, 7) is 0. The van der Waals surface area contributed by atoms with E-state index in [9.17, 15) is 9.18 Å². The predicted octanol–water partition coefficient (Wildman–Crippen LogP) is 2.29. The molecule has 1 aromatic rings. The molecule has 1 nitrogen and oxygen atoms in total. The van der Waals surface area contributed by atoms with Crippen LogP contribution in [0, 0.1) is 5.82 Å². The van der Waals surface area contributed by atoms with Crippen molar-refractivity contribution in [2.24, 2.45) is 0 Å². The Morgan fingerprint density at radius 1 is 1.58 bits per heavy atom. The van der Waals surface area contributed by atoms with Crippen LogP contribution in [0.3, 0.4) is 0 Å².